The molecule has 0 aliphatic carbocycles. The Bertz CT molecular complexity index is 853. The van der Waals surface area contributed by atoms with E-state index in [0.29, 0.717) is 0 Å². The van der Waals surface area contributed by atoms with Gasteiger partial charge in [0.1, 0.15) is 0 Å². The van der Waals surface area contributed by atoms with E-state index in [0.717, 1.165) is 0 Å². The number of carbonyl (C=O) groups is 6. The third-order valence-corrected chi connectivity index (χ3v) is 3.64. The summed E-state index contributed by atoms with van der Waals surface area (Å²) in [5.74, 6) is -11.5. The molecule has 162 valence electrons. The lowest BCUT2D eigenvalue weighted by Gasteiger charge is -2.18. The zero-order valence-corrected chi connectivity index (χ0v) is 15.9. The fourth-order valence-electron chi connectivity index (χ4n) is 2.55. The predicted octanol–water partition coefficient (Wildman–Crippen LogP) is 1.61. The normalized spacial score (nSPS) is 10.2. The summed E-state index contributed by atoms with van der Waals surface area (Å²) in [6.45, 7) is 2.63. The molecule has 12 nitrogen and oxygen atoms in total. The van der Waals surface area contributed by atoms with Crippen LogP contribution in [0.4, 0.5) is 0 Å². The number of benzene rings is 1. The molecule has 30 heavy (non-hydrogen) atoms. The number of hydrogen-bond donors (Lipinski definition) is 4. The number of carboxylic acid groups (broad SMARTS) is 4. The minimum absolute atomic E-state index is 0.258. The van der Waals surface area contributed by atoms with E-state index >= 15 is 0 Å². The van der Waals surface area contributed by atoms with Crippen molar-refractivity contribution in [2.45, 2.75) is 26.7 Å². The Morgan fingerprint density at radius 1 is 0.533 bits per heavy atom. The quantitative estimate of drug-likeness (QED) is 0.394. The van der Waals surface area contributed by atoms with E-state index in [-0.39, 0.29) is 26.1 Å². The van der Waals surface area contributed by atoms with Gasteiger partial charge in [-0.25, -0.2) is 28.8 Å². The van der Waals surface area contributed by atoms with Crippen LogP contribution in [-0.4, -0.2) is 69.5 Å². The van der Waals surface area contributed by atoms with Gasteiger partial charge in [0, 0.05) is 0 Å². The molecule has 1 aromatic carbocycles. The Balaban J connectivity index is 4.30. The molecule has 4 N–H and O–H groups in total. The number of esters is 2. The van der Waals surface area contributed by atoms with Crippen LogP contribution in [0.1, 0.15) is 88.8 Å². The van der Waals surface area contributed by atoms with Crippen LogP contribution in [0.5, 0.6) is 0 Å². The SMILES string of the molecule is CCCOC(=O)c1c(C(=O)O)c(C(=O)O)c(C(=O)O)c(C(=O)O)c1C(=O)OCCC. The Hall–Kier alpha value is -3.96. The maximum atomic E-state index is 12.5. The van der Waals surface area contributed by atoms with Crippen LogP contribution < -0.4 is 0 Å². The average molecular weight is 426 g/mol. The van der Waals surface area contributed by atoms with Gasteiger partial charge in [0.15, 0.2) is 0 Å². The second-order valence-corrected chi connectivity index (χ2v) is 5.74. The maximum absolute atomic E-state index is 12.5. The fraction of sp³-hybridized carbons (Fsp3) is 0.333. The van der Waals surface area contributed by atoms with E-state index in [1.54, 1.807) is 13.8 Å². The Kier molecular flexibility index (Phi) is 8.03. The molecule has 0 fully saturated rings. The largest absolute Gasteiger partial charge is 0.478 e. The standard InChI is InChI=1S/C18H18O12/c1-3-5-29-17(27)11-9(15(23)24)7(13(19)20)8(14(21)22)10(16(25)26)12(11)18(28)30-6-4-2/h3-6H2,1-2H3,(H,19,20)(H,21,22)(H,23,24)(H,25,26). The summed E-state index contributed by atoms with van der Waals surface area (Å²) in [6.07, 6.45) is 0.517. The van der Waals surface area contributed by atoms with Crippen molar-refractivity contribution >= 4 is 35.8 Å². The molecule has 0 bridgehead atoms. The van der Waals surface area contributed by atoms with Crippen LogP contribution in [0.25, 0.3) is 0 Å². The van der Waals surface area contributed by atoms with E-state index in [9.17, 15) is 49.2 Å². The molecular weight excluding hydrogens is 408 g/mol. The second kappa shape index (κ2) is 10.0. The van der Waals surface area contributed by atoms with E-state index in [1.807, 2.05) is 0 Å². The van der Waals surface area contributed by atoms with Gasteiger partial charge in [-0.15, -0.1) is 0 Å². The summed E-state index contributed by atoms with van der Waals surface area (Å²) in [4.78, 5) is 72.0. The van der Waals surface area contributed by atoms with Gasteiger partial charge >= 0.3 is 35.8 Å². The van der Waals surface area contributed by atoms with E-state index < -0.39 is 69.2 Å². The molecule has 0 aromatic heterocycles. The first-order valence-corrected chi connectivity index (χ1v) is 8.52. The number of ether oxygens (including phenoxy) is 2. The summed E-state index contributed by atoms with van der Waals surface area (Å²) >= 11 is 0. The van der Waals surface area contributed by atoms with Crippen molar-refractivity contribution in [2.75, 3.05) is 13.2 Å². The molecule has 0 aliphatic rings. The van der Waals surface area contributed by atoms with Crippen LogP contribution >= 0.6 is 0 Å². The first kappa shape index (κ1) is 24.1. The monoisotopic (exact) mass is 426 g/mol. The third kappa shape index (κ3) is 4.71. The van der Waals surface area contributed by atoms with Gasteiger partial charge in [0.05, 0.1) is 46.6 Å². The molecular formula is C18H18O12. The van der Waals surface area contributed by atoms with Crippen molar-refractivity contribution < 1.29 is 58.7 Å². The van der Waals surface area contributed by atoms with Crippen molar-refractivity contribution in [3.8, 4) is 0 Å². The predicted molar refractivity (Wildman–Crippen MR) is 95.4 cm³/mol. The Labute approximate surface area is 168 Å². The van der Waals surface area contributed by atoms with Crippen molar-refractivity contribution in [3.63, 3.8) is 0 Å². The third-order valence-electron chi connectivity index (χ3n) is 3.64. The summed E-state index contributed by atoms with van der Waals surface area (Å²) in [5, 5.41) is 37.9. The van der Waals surface area contributed by atoms with E-state index in [1.165, 1.54) is 0 Å². The van der Waals surface area contributed by atoms with Crippen LogP contribution in [0, 0.1) is 0 Å². The van der Waals surface area contributed by atoms with Crippen LogP contribution in [0.2, 0.25) is 0 Å². The minimum Gasteiger partial charge on any atom is -0.478 e. The lowest BCUT2D eigenvalue weighted by atomic mass is 9.86. The molecule has 0 unspecified atom stereocenters. The van der Waals surface area contributed by atoms with Crippen LogP contribution in [0.3, 0.4) is 0 Å². The topological polar surface area (TPSA) is 202 Å². The van der Waals surface area contributed by atoms with Crippen molar-refractivity contribution in [1.82, 2.24) is 0 Å². The summed E-state index contributed by atoms with van der Waals surface area (Å²) in [6, 6.07) is 0. The molecule has 0 radical (unpaired) electrons. The molecule has 0 saturated heterocycles. The van der Waals surface area contributed by atoms with Crippen LogP contribution in [0.15, 0.2) is 0 Å². The highest BCUT2D eigenvalue weighted by Crippen LogP contribution is 2.31. The number of aromatic carboxylic acids is 4. The van der Waals surface area contributed by atoms with E-state index in [2.05, 4.69) is 0 Å². The summed E-state index contributed by atoms with van der Waals surface area (Å²) in [5.41, 5.74) is -8.18. The molecule has 1 aromatic rings. The first-order chi connectivity index (χ1) is 14.0. The molecule has 0 heterocycles. The van der Waals surface area contributed by atoms with Gasteiger partial charge in [0.25, 0.3) is 0 Å². The molecule has 12 heteroatoms. The first-order valence-electron chi connectivity index (χ1n) is 8.52. The lowest BCUT2D eigenvalue weighted by Crippen LogP contribution is -2.29. The zero-order valence-electron chi connectivity index (χ0n) is 15.9. The van der Waals surface area contributed by atoms with Crippen molar-refractivity contribution in [3.05, 3.63) is 33.4 Å². The highest BCUT2D eigenvalue weighted by atomic mass is 16.5. The number of carboxylic acids is 4. The average Bonchev–Trinajstić information content (AvgIpc) is 2.67. The lowest BCUT2D eigenvalue weighted by molar-refractivity contribution is 0.0445. The fourth-order valence-corrected chi connectivity index (χ4v) is 2.55. The minimum atomic E-state index is -2.13. The Morgan fingerprint density at radius 2 is 0.767 bits per heavy atom. The van der Waals surface area contributed by atoms with Gasteiger partial charge < -0.3 is 29.9 Å². The Morgan fingerprint density at radius 3 is 0.967 bits per heavy atom. The summed E-state index contributed by atoms with van der Waals surface area (Å²) in [7, 11) is 0. The van der Waals surface area contributed by atoms with Gasteiger partial charge in [-0.3, -0.25) is 0 Å². The molecule has 0 atom stereocenters. The van der Waals surface area contributed by atoms with Crippen molar-refractivity contribution in [2.24, 2.45) is 0 Å². The van der Waals surface area contributed by atoms with E-state index in [4.69, 9.17) is 9.47 Å². The molecule has 0 saturated carbocycles. The highest BCUT2D eigenvalue weighted by molar-refractivity contribution is 6.23. The van der Waals surface area contributed by atoms with Gasteiger partial charge in [-0.05, 0) is 12.8 Å². The van der Waals surface area contributed by atoms with Gasteiger partial charge in [-0.2, -0.15) is 0 Å². The molecule has 0 aliphatic heterocycles. The number of rotatable bonds is 10. The molecule has 0 spiro atoms. The number of hydrogen-bond acceptors (Lipinski definition) is 8. The molecule has 1 rings (SSSR count). The molecule has 0 amide bonds. The highest BCUT2D eigenvalue weighted by Gasteiger charge is 2.41. The smallest absolute Gasteiger partial charge is 0.339 e. The zero-order chi connectivity index (χ0) is 23.2. The maximum Gasteiger partial charge on any atom is 0.339 e. The van der Waals surface area contributed by atoms with Crippen LogP contribution in [-0.2, 0) is 9.47 Å². The van der Waals surface area contributed by atoms with Gasteiger partial charge in [0.2, 0.25) is 0 Å². The van der Waals surface area contributed by atoms with Gasteiger partial charge in [-0.1, -0.05) is 13.8 Å². The summed E-state index contributed by atoms with van der Waals surface area (Å²) < 4.78 is 9.58. The van der Waals surface area contributed by atoms with Crippen molar-refractivity contribution in [1.29, 1.82) is 0 Å². The second-order valence-electron chi connectivity index (χ2n) is 5.74. The number of carbonyl (C=O) groups excluding carboxylic acids is 2.